The molecule has 1 aliphatic heterocycles. The lowest BCUT2D eigenvalue weighted by molar-refractivity contribution is -0.239. The van der Waals surface area contributed by atoms with E-state index in [-0.39, 0.29) is 5.91 Å². The molecule has 5 atom stereocenters. The van der Waals surface area contributed by atoms with Crippen LogP contribution in [0.1, 0.15) is 6.92 Å². The van der Waals surface area contributed by atoms with E-state index in [1.165, 1.54) is 6.92 Å². The topological polar surface area (TPSA) is 134 Å². The molecular weight excluding hydrogens is 292 g/mol. The van der Waals surface area contributed by atoms with Gasteiger partial charge in [0.15, 0.2) is 0 Å². The lowest BCUT2D eigenvalue weighted by Crippen LogP contribution is -2.63. The first-order valence-corrected chi connectivity index (χ1v) is 6.84. The molecule has 0 saturated carbocycles. The molecule has 0 aromatic heterocycles. The summed E-state index contributed by atoms with van der Waals surface area (Å²) in [6.45, 7) is 0.938. The molecule has 22 heavy (non-hydrogen) atoms. The van der Waals surface area contributed by atoms with Gasteiger partial charge >= 0.3 is 0 Å². The van der Waals surface area contributed by atoms with Gasteiger partial charge < -0.3 is 35.8 Å². The monoisotopic (exact) mass is 312 g/mol. The number of hydrogen-bond acceptors (Lipinski definition) is 7. The van der Waals surface area contributed by atoms with E-state index in [1.807, 2.05) is 0 Å². The zero-order chi connectivity index (χ0) is 16.3. The highest BCUT2D eigenvalue weighted by atomic mass is 16.7. The van der Waals surface area contributed by atoms with Crippen LogP contribution in [-0.2, 0) is 9.53 Å². The third-order valence-electron chi connectivity index (χ3n) is 3.36. The SMILES string of the molecule is CC(=O)Nc1ccc(O[C@H]2O[C@H](CO)[C@@H](O)C(O)[C@H]2N)cc1. The van der Waals surface area contributed by atoms with Crippen LogP contribution in [0.3, 0.4) is 0 Å². The fourth-order valence-corrected chi connectivity index (χ4v) is 2.16. The molecule has 1 aromatic carbocycles. The second kappa shape index (κ2) is 7.03. The van der Waals surface area contributed by atoms with E-state index in [2.05, 4.69) is 5.32 Å². The fourth-order valence-electron chi connectivity index (χ4n) is 2.16. The lowest BCUT2D eigenvalue weighted by atomic mass is 9.98. The van der Waals surface area contributed by atoms with Crippen molar-refractivity contribution in [2.75, 3.05) is 11.9 Å². The number of carbonyl (C=O) groups excluding carboxylic acids is 1. The molecule has 8 heteroatoms. The van der Waals surface area contributed by atoms with Crippen LogP contribution in [0, 0.1) is 0 Å². The summed E-state index contributed by atoms with van der Waals surface area (Å²) in [5.74, 6) is 0.226. The summed E-state index contributed by atoms with van der Waals surface area (Å²) in [6.07, 6.45) is -4.53. The molecule has 122 valence electrons. The number of nitrogens with two attached hydrogens (primary N) is 1. The quantitative estimate of drug-likeness (QED) is 0.471. The smallest absolute Gasteiger partial charge is 0.221 e. The van der Waals surface area contributed by atoms with Crippen LogP contribution in [0.5, 0.6) is 5.75 Å². The Labute approximate surface area is 127 Å². The minimum atomic E-state index is -1.28. The predicted octanol–water partition coefficient (Wildman–Crippen LogP) is -1.21. The third kappa shape index (κ3) is 3.73. The predicted molar refractivity (Wildman–Crippen MR) is 77.1 cm³/mol. The Morgan fingerprint density at radius 1 is 1.32 bits per heavy atom. The minimum Gasteiger partial charge on any atom is -0.463 e. The molecule has 1 heterocycles. The average Bonchev–Trinajstić information content (AvgIpc) is 2.49. The van der Waals surface area contributed by atoms with Crippen molar-refractivity contribution in [2.24, 2.45) is 5.73 Å². The number of benzene rings is 1. The van der Waals surface area contributed by atoms with E-state index in [9.17, 15) is 15.0 Å². The molecule has 1 amide bonds. The molecule has 0 spiro atoms. The maximum Gasteiger partial charge on any atom is 0.221 e. The zero-order valence-corrected chi connectivity index (χ0v) is 12.0. The number of aliphatic hydroxyl groups excluding tert-OH is 3. The van der Waals surface area contributed by atoms with Crippen molar-refractivity contribution in [1.29, 1.82) is 0 Å². The van der Waals surface area contributed by atoms with Crippen molar-refractivity contribution >= 4 is 11.6 Å². The normalized spacial score (nSPS) is 31.6. The molecule has 1 saturated heterocycles. The molecule has 1 aliphatic rings. The maximum atomic E-state index is 10.9. The van der Waals surface area contributed by atoms with Gasteiger partial charge in [-0.3, -0.25) is 4.79 Å². The lowest BCUT2D eigenvalue weighted by Gasteiger charge is -2.40. The first kappa shape index (κ1) is 16.7. The number of carbonyl (C=O) groups is 1. The summed E-state index contributed by atoms with van der Waals surface area (Å²) in [7, 11) is 0. The molecule has 1 unspecified atom stereocenters. The highest BCUT2D eigenvalue weighted by Gasteiger charge is 2.43. The fraction of sp³-hybridized carbons (Fsp3) is 0.500. The van der Waals surface area contributed by atoms with Gasteiger partial charge in [0.2, 0.25) is 12.2 Å². The highest BCUT2D eigenvalue weighted by Crippen LogP contribution is 2.24. The van der Waals surface area contributed by atoms with Crippen LogP contribution in [0.2, 0.25) is 0 Å². The first-order chi connectivity index (χ1) is 10.4. The number of nitrogens with one attached hydrogen (secondary N) is 1. The third-order valence-corrected chi connectivity index (χ3v) is 3.36. The number of rotatable bonds is 4. The van der Waals surface area contributed by atoms with Gasteiger partial charge in [-0.15, -0.1) is 0 Å². The Morgan fingerprint density at radius 3 is 2.50 bits per heavy atom. The number of ether oxygens (including phenoxy) is 2. The first-order valence-electron chi connectivity index (χ1n) is 6.84. The van der Waals surface area contributed by atoms with Crippen molar-refractivity contribution in [3.8, 4) is 5.75 Å². The largest absolute Gasteiger partial charge is 0.463 e. The molecule has 2 rings (SSSR count). The molecule has 1 aromatic rings. The van der Waals surface area contributed by atoms with E-state index in [4.69, 9.17) is 20.3 Å². The molecule has 8 nitrogen and oxygen atoms in total. The van der Waals surface area contributed by atoms with Gasteiger partial charge in [-0.05, 0) is 24.3 Å². The maximum absolute atomic E-state index is 10.9. The Hall–Kier alpha value is -1.71. The summed E-state index contributed by atoms with van der Waals surface area (Å²) in [4.78, 5) is 10.9. The van der Waals surface area contributed by atoms with Crippen LogP contribution in [0.25, 0.3) is 0 Å². The standard InChI is InChI=1S/C14H20N2O6/c1-7(18)16-8-2-4-9(5-3-8)21-14-11(15)13(20)12(19)10(6-17)22-14/h2-5,10-14,17,19-20H,6,15H2,1H3,(H,16,18)/t10-,11-,12-,13?,14+/m1/s1. The Balaban J connectivity index is 2.04. The summed E-state index contributed by atoms with van der Waals surface area (Å²) in [6, 6.07) is 5.52. The number of hydrogen-bond donors (Lipinski definition) is 5. The average molecular weight is 312 g/mol. The van der Waals surface area contributed by atoms with Crippen molar-refractivity contribution in [1.82, 2.24) is 0 Å². The van der Waals surface area contributed by atoms with E-state index in [0.717, 1.165) is 0 Å². The molecule has 0 radical (unpaired) electrons. The summed E-state index contributed by atoms with van der Waals surface area (Å²) >= 11 is 0. The number of aliphatic hydroxyl groups is 3. The van der Waals surface area contributed by atoms with Crippen LogP contribution in [-0.4, -0.2) is 58.5 Å². The van der Waals surface area contributed by atoms with Gasteiger partial charge in [-0.1, -0.05) is 0 Å². The van der Waals surface area contributed by atoms with Gasteiger partial charge in [0, 0.05) is 12.6 Å². The van der Waals surface area contributed by atoms with E-state index < -0.39 is 37.3 Å². The Bertz CT molecular complexity index is 507. The van der Waals surface area contributed by atoms with Crippen molar-refractivity contribution < 1.29 is 29.6 Å². The van der Waals surface area contributed by atoms with Crippen LogP contribution >= 0.6 is 0 Å². The van der Waals surface area contributed by atoms with E-state index in [1.54, 1.807) is 24.3 Å². The van der Waals surface area contributed by atoms with Gasteiger partial charge in [0.1, 0.15) is 24.1 Å². The molecule has 0 aliphatic carbocycles. The Morgan fingerprint density at radius 2 is 1.95 bits per heavy atom. The van der Waals surface area contributed by atoms with Crippen LogP contribution in [0.15, 0.2) is 24.3 Å². The summed E-state index contributed by atoms with van der Waals surface area (Å²) < 4.78 is 10.9. The van der Waals surface area contributed by atoms with Gasteiger partial charge in [0.05, 0.1) is 12.6 Å². The molecular formula is C14H20N2O6. The summed E-state index contributed by atoms with van der Waals surface area (Å²) in [5, 5.41) is 31.3. The second-order valence-electron chi connectivity index (χ2n) is 5.11. The van der Waals surface area contributed by atoms with Crippen molar-refractivity contribution in [2.45, 2.75) is 37.6 Å². The number of amides is 1. The van der Waals surface area contributed by atoms with Crippen LogP contribution in [0.4, 0.5) is 5.69 Å². The van der Waals surface area contributed by atoms with Gasteiger partial charge in [-0.25, -0.2) is 0 Å². The summed E-state index contributed by atoms with van der Waals surface area (Å²) in [5.41, 5.74) is 6.38. The van der Waals surface area contributed by atoms with Gasteiger partial charge in [0.25, 0.3) is 0 Å². The zero-order valence-electron chi connectivity index (χ0n) is 12.0. The Kier molecular flexibility index (Phi) is 5.33. The molecule has 1 fully saturated rings. The number of anilines is 1. The van der Waals surface area contributed by atoms with Crippen molar-refractivity contribution in [3.63, 3.8) is 0 Å². The molecule has 6 N–H and O–H groups in total. The van der Waals surface area contributed by atoms with E-state index in [0.29, 0.717) is 11.4 Å². The van der Waals surface area contributed by atoms with Crippen molar-refractivity contribution in [3.05, 3.63) is 24.3 Å². The van der Waals surface area contributed by atoms with E-state index >= 15 is 0 Å². The molecule has 0 bridgehead atoms. The van der Waals surface area contributed by atoms with Gasteiger partial charge in [-0.2, -0.15) is 0 Å². The highest BCUT2D eigenvalue weighted by molar-refractivity contribution is 5.88. The minimum absolute atomic E-state index is 0.186. The second-order valence-corrected chi connectivity index (χ2v) is 5.11. The van der Waals surface area contributed by atoms with Crippen LogP contribution < -0.4 is 15.8 Å².